The van der Waals surface area contributed by atoms with Crippen LogP contribution in [0.5, 0.6) is 5.75 Å². The Bertz CT molecular complexity index is 1710. The van der Waals surface area contributed by atoms with E-state index in [1.807, 2.05) is 30.3 Å². The van der Waals surface area contributed by atoms with Gasteiger partial charge in [0.1, 0.15) is 5.82 Å². The molecule has 0 fully saturated rings. The number of ether oxygens (including phenoxy) is 1. The van der Waals surface area contributed by atoms with E-state index in [0.717, 1.165) is 23.8 Å². The maximum atomic E-state index is 15.7. The normalized spacial score (nSPS) is 15.3. The molecule has 11 heteroatoms. The summed E-state index contributed by atoms with van der Waals surface area (Å²) in [5.74, 6) is -1.53. The number of rotatable bonds is 10. The standard InChI is InChI=1S/C33H31F5N2O3S/c1-19-22(17-23-24(33(36,37)38)12-7-13-25(23)34)32-40(31(42)28(19)21-11-6-14-27(43-2)29(21)35)26(18-44-32)30(39-15-8-16-41)20-9-4-3-5-10-20/h3-7,9-14,26,30,39,41H,8,15-18H2,1-2H3. The number of hydrogen-bond acceptors (Lipinski definition) is 5. The molecular weight excluding hydrogens is 599 g/mol. The molecule has 232 valence electrons. The van der Waals surface area contributed by atoms with E-state index < -0.39 is 53.0 Å². The Balaban J connectivity index is 1.78. The highest BCUT2D eigenvalue weighted by Gasteiger charge is 2.38. The molecule has 5 rings (SSSR count). The number of benzene rings is 3. The number of pyridine rings is 1. The van der Waals surface area contributed by atoms with E-state index in [1.54, 1.807) is 6.92 Å². The zero-order chi connectivity index (χ0) is 31.6. The zero-order valence-electron chi connectivity index (χ0n) is 24.1. The van der Waals surface area contributed by atoms with Gasteiger partial charge in [-0.2, -0.15) is 13.2 Å². The summed E-state index contributed by atoms with van der Waals surface area (Å²) >= 11 is 1.30. The van der Waals surface area contributed by atoms with Gasteiger partial charge in [0.2, 0.25) is 0 Å². The molecule has 5 nitrogen and oxygen atoms in total. The number of nitrogens with one attached hydrogen (secondary N) is 1. The number of aliphatic hydroxyl groups is 1. The second-order valence-corrected chi connectivity index (χ2v) is 11.5. The minimum absolute atomic E-state index is 0.0280. The lowest BCUT2D eigenvalue weighted by Crippen LogP contribution is -2.36. The molecule has 0 saturated carbocycles. The molecule has 0 saturated heterocycles. The van der Waals surface area contributed by atoms with Crippen LogP contribution in [0.2, 0.25) is 0 Å². The van der Waals surface area contributed by atoms with Crippen molar-refractivity contribution in [2.45, 2.75) is 43.1 Å². The van der Waals surface area contributed by atoms with Crippen LogP contribution >= 0.6 is 11.8 Å². The number of alkyl halides is 3. The van der Waals surface area contributed by atoms with Crippen LogP contribution in [0.4, 0.5) is 22.0 Å². The molecule has 4 aromatic rings. The number of aliphatic hydroxyl groups excluding tert-OH is 1. The average Bonchev–Trinajstić information content (AvgIpc) is 3.44. The Morgan fingerprint density at radius 1 is 1.05 bits per heavy atom. The monoisotopic (exact) mass is 630 g/mol. The first-order valence-corrected chi connectivity index (χ1v) is 15.0. The molecule has 0 spiro atoms. The fraction of sp³-hybridized carbons (Fsp3) is 0.303. The van der Waals surface area contributed by atoms with Gasteiger partial charge in [0.05, 0.1) is 35.3 Å². The SMILES string of the molecule is COc1cccc(-c2c(C)c(Cc3c(F)cccc3C(F)(F)F)c3n(c2=O)C(C(NCCCO)c2ccccc2)CS3)c1F. The number of aromatic nitrogens is 1. The topological polar surface area (TPSA) is 63.5 Å². The fourth-order valence-electron chi connectivity index (χ4n) is 5.81. The summed E-state index contributed by atoms with van der Waals surface area (Å²) in [6.45, 7) is 1.95. The maximum Gasteiger partial charge on any atom is 0.416 e. The summed E-state index contributed by atoms with van der Waals surface area (Å²) in [5.41, 5.74) is -0.824. The lowest BCUT2D eigenvalue weighted by molar-refractivity contribution is -0.138. The first-order valence-electron chi connectivity index (χ1n) is 14.1. The summed E-state index contributed by atoms with van der Waals surface area (Å²) < 4.78 is 79.6. The lowest BCUT2D eigenvalue weighted by atomic mass is 9.91. The van der Waals surface area contributed by atoms with E-state index in [2.05, 4.69) is 5.32 Å². The van der Waals surface area contributed by atoms with Crippen LogP contribution in [-0.4, -0.2) is 35.7 Å². The van der Waals surface area contributed by atoms with E-state index in [0.29, 0.717) is 29.3 Å². The molecule has 0 aliphatic carbocycles. The molecular formula is C33H31F5N2O3S. The van der Waals surface area contributed by atoms with Crippen molar-refractivity contribution in [3.05, 3.63) is 117 Å². The molecule has 0 amide bonds. The van der Waals surface area contributed by atoms with E-state index >= 15 is 8.78 Å². The van der Waals surface area contributed by atoms with Gasteiger partial charge in [-0.25, -0.2) is 8.78 Å². The van der Waals surface area contributed by atoms with Gasteiger partial charge < -0.3 is 15.2 Å². The van der Waals surface area contributed by atoms with Crippen LogP contribution in [-0.2, 0) is 12.6 Å². The van der Waals surface area contributed by atoms with Gasteiger partial charge in [-0.1, -0.05) is 48.5 Å². The Morgan fingerprint density at radius 2 is 1.77 bits per heavy atom. The highest BCUT2D eigenvalue weighted by Crippen LogP contribution is 2.45. The molecule has 2 unspecified atom stereocenters. The molecule has 1 aromatic heterocycles. The lowest BCUT2D eigenvalue weighted by Gasteiger charge is -2.28. The molecule has 3 aromatic carbocycles. The van der Waals surface area contributed by atoms with Crippen LogP contribution in [0, 0.1) is 18.6 Å². The molecule has 44 heavy (non-hydrogen) atoms. The van der Waals surface area contributed by atoms with E-state index in [9.17, 15) is 23.1 Å². The molecule has 1 aliphatic heterocycles. The van der Waals surface area contributed by atoms with Crippen LogP contribution in [0.3, 0.4) is 0 Å². The Morgan fingerprint density at radius 3 is 2.45 bits per heavy atom. The van der Waals surface area contributed by atoms with Crippen LogP contribution in [0.25, 0.3) is 11.1 Å². The molecule has 1 aliphatic rings. The highest BCUT2D eigenvalue weighted by atomic mass is 32.2. The highest BCUT2D eigenvalue weighted by molar-refractivity contribution is 7.99. The zero-order valence-corrected chi connectivity index (χ0v) is 24.9. The van der Waals surface area contributed by atoms with Gasteiger partial charge in [0.15, 0.2) is 11.6 Å². The van der Waals surface area contributed by atoms with Crippen molar-refractivity contribution in [3.63, 3.8) is 0 Å². The van der Waals surface area contributed by atoms with Gasteiger partial charge in [0.25, 0.3) is 5.56 Å². The van der Waals surface area contributed by atoms with Crippen LogP contribution in [0.15, 0.2) is 76.6 Å². The van der Waals surface area contributed by atoms with E-state index in [1.165, 1.54) is 41.6 Å². The minimum Gasteiger partial charge on any atom is -0.494 e. The van der Waals surface area contributed by atoms with Gasteiger partial charge in [-0.15, -0.1) is 11.8 Å². The minimum atomic E-state index is -4.81. The van der Waals surface area contributed by atoms with Gasteiger partial charge in [0, 0.05) is 29.9 Å². The molecule has 2 heterocycles. The summed E-state index contributed by atoms with van der Waals surface area (Å²) in [6, 6.07) is 15.6. The number of nitrogens with zero attached hydrogens (tertiary/aromatic N) is 1. The third-order valence-corrected chi connectivity index (χ3v) is 9.16. The number of hydrogen-bond donors (Lipinski definition) is 2. The number of fused-ring (bicyclic) bond motifs is 1. The van der Waals surface area contributed by atoms with Crippen molar-refractivity contribution in [2.24, 2.45) is 0 Å². The number of methoxy groups -OCH3 is 1. The maximum absolute atomic E-state index is 15.7. The third kappa shape index (κ3) is 6.00. The second kappa shape index (κ2) is 13.1. The van der Waals surface area contributed by atoms with Gasteiger partial charge in [-0.05, 0) is 54.8 Å². The Hall–Kier alpha value is -3.67. The summed E-state index contributed by atoms with van der Waals surface area (Å²) in [6.07, 6.45) is -4.82. The van der Waals surface area contributed by atoms with E-state index in [4.69, 9.17) is 4.74 Å². The number of thioether (sulfide) groups is 1. The largest absolute Gasteiger partial charge is 0.494 e. The molecule has 0 radical (unpaired) electrons. The smallest absolute Gasteiger partial charge is 0.416 e. The first kappa shape index (κ1) is 31.7. The summed E-state index contributed by atoms with van der Waals surface area (Å²) in [5, 5.41) is 13.2. The average molecular weight is 631 g/mol. The van der Waals surface area contributed by atoms with Crippen molar-refractivity contribution in [3.8, 4) is 16.9 Å². The Labute approximate surface area is 255 Å². The predicted octanol–water partition coefficient (Wildman–Crippen LogP) is 7.08. The second-order valence-electron chi connectivity index (χ2n) is 10.5. The van der Waals surface area contributed by atoms with Gasteiger partial charge >= 0.3 is 6.18 Å². The molecule has 2 N–H and O–H groups in total. The summed E-state index contributed by atoms with van der Waals surface area (Å²) in [7, 11) is 1.29. The van der Waals surface area contributed by atoms with Crippen molar-refractivity contribution < 1.29 is 31.8 Å². The quantitative estimate of drug-likeness (QED) is 0.145. The van der Waals surface area contributed by atoms with Crippen LogP contribution < -0.4 is 15.6 Å². The fourth-order valence-corrected chi connectivity index (χ4v) is 7.24. The van der Waals surface area contributed by atoms with Crippen molar-refractivity contribution >= 4 is 11.8 Å². The van der Waals surface area contributed by atoms with E-state index in [-0.39, 0.29) is 29.0 Å². The summed E-state index contributed by atoms with van der Waals surface area (Å²) in [4.78, 5) is 14.4. The third-order valence-electron chi connectivity index (χ3n) is 7.93. The molecule has 2 atom stereocenters. The molecule has 0 bridgehead atoms. The van der Waals surface area contributed by atoms with Gasteiger partial charge in [-0.3, -0.25) is 9.36 Å². The van der Waals surface area contributed by atoms with Crippen molar-refractivity contribution in [1.29, 1.82) is 0 Å². The van der Waals surface area contributed by atoms with Crippen molar-refractivity contribution in [2.75, 3.05) is 26.0 Å². The van der Waals surface area contributed by atoms with Crippen molar-refractivity contribution in [1.82, 2.24) is 9.88 Å². The van der Waals surface area contributed by atoms with Crippen LogP contribution in [0.1, 0.15) is 46.3 Å². The number of halogens is 5. The Kier molecular flexibility index (Phi) is 9.48. The first-order chi connectivity index (χ1) is 21.1. The predicted molar refractivity (Wildman–Crippen MR) is 160 cm³/mol.